The number of ether oxygens (including phenoxy) is 3. The van der Waals surface area contributed by atoms with Crippen LogP contribution in [0.1, 0.15) is 60.1 Å². The van der Waals surface area contributed by atoms with Crippen molar-refractivity contribution in [2.45, 2.75) is 64.8 Å². The van der Waals surface area contributed by atoms with E-state index in [1.54, 1.807) is 70.3 Å². The van der Waals surface area contributed by atoms with E-state index in [2.05, 4.69) is 41.4 Å². The Balaban J connectivity index is 0.000000244. The Morgan fingerprint density at radius 3 is 1.85 bits per heavy atom. The second-order valence-corrected chi connectivity index (χ2v) is 14.5. The maximum absolute atomic E-state index is 12.5. The molecule has 6 rings (SSSR count). The molecular formula is C44H48Cl2N8O8. The number of anilines is 2. The molecule has 1 saturated heterocycles. The minimum absolute atomic E-state index is 0.234. The maximum Gasteiger partial charge on any atom is 0.269 e. The highest BCUT2D eigenvalue weighted by Gasteiger charge is 2.27. The van der Waals surface area contributed by atoms with Crippen molar-refractivity contribution >= 4 is 57.8 Å². The first-order valence-electron chi connectivity index (χ1n) is 19.2. The van der Waals surface area contributed by atoms with Crippen molar-refractivity contribution in [3.63, 3.8) is 0 Å². The van der Waals surface area contributed by atoms with Gasteiger partial charge in [-0.25, -0.2) is 9.69 Å². The van der Waals surface area contributed by atoms with E-state index < -0.39 is 36.1 Å². The zero-order valence-corrected chi connectivity index (χ0v) is 36.5. The molecule has 326 valence electrons. The van der Waals surface area contributed by atoms with Crippen molar-refractivity contribution in [2.24, 2.45) is 0 Å². The average molecular weight is 888 g/mol. The van der Waals surface area contributed by atoms with E-state index in [0.29, 0.717) is 67.4 Å². The highest BCUT2D eigenvalue weighted by Crippen LogP contribution is 2.36. The predicted octanol–water partition coefficient (Wildman–Crippen LogP) is 8.42. The molecule has 0 saturated carbocycles. The smallest absolute Gasteiger partial charge is 0.269 e. The van der Waals surface area contributed by atoms with Crippen LogP contribution >= 0.6 is 23.2 Å². The van der Waals surface area contributed by atoms with Gasteiger partial charge in [-0.15, -0.1) is 10.2 Å². The van der Waals surface area contributed by atoms with Gasteiger partial charge in [-0.05, 0) is 100 Å². The first-order valence-corrected chi connectivity index (χ1v) is 20.0. The molecular weight excluding hydrogens is 839 g/mol. The lowest BCUT2D eigenvalue weighted by molar-refractivity contribution is -0.124. The Labute approximate surface area is 370 Å². The highest BCUT2D eigenvalue weighted by atomic mass is 35.5. The van der Waals surface area contributed by atoms with Gasteiger partial charge in [0.2, 0.25) is 23.2 Å². The minimum Gasteiger partial charge on any atom is -0.497 e. The zero-order chi connectivity index (χ0) is 45.3. The number of aromatic nitrogens is 2. The summed E-state index contributed by atoms with van der Waals surface area (Å²) in [6, 6.07) is 18.5. The molecule has 1 aromatic heterocycles. The number of amides is 2. The molecule has 1 fully saturated rings. The number of aliphatic hydroxyl groups excluding tert-OH is 2. The van der Waals surface area contributed by atoms with Crippen LogP contribution in [0.25, 0.3) is 21.1 Å². The van der Waals surface area contributed by atoms with Gasteiger partial charge >= 0.3 is 0 Å². The summed E-state index contributed by atoms with van der Waals surface area (Å²) in [5.74, 6) is 0.538. The summed E-state index contributed by atoms with van der Waals surface area (Å²) in [5, 5.41) is 35.2. The lowest BCUT2D eigenvalue weighted by atomic mass is 10.1. The van der Waals surface area contributed by atoms with Crippen LogP contribution in [0.4, 0.5) is 22.7 Å². The number of aliphatic hydroxyl groups is 2. The molecule has 0 unspecified atom stereocenters. The van der Waals surface area contributed by atoms with Crippen LogP contribution in [-0.2, 0) is 9.53 Å². The molecule has 4 aromatic carbocycles. The topological polar surface area (TPSA) is 198 Å². The van der Waals surface area contributed by atoms with Crippen LogP contribution in [0.2, 0.25) is 10.0 Å². The van der Waals surface area contributed by atoms with Crippen molar-refractivity contribution in [1.82, 2.24) is 21.0 Å². The Morgan fingerprint density at radius 2 is 1.34 bits per heavy atom. The molecule has 0 bridgehead atoms. The summed E-state index contributed by atoms with van der Waals surface area (Å²) in [7, 11) is 3.06. The fourth-order valence-corrected chi connectivity index (χ4v) is 6.15. The third-order valence-electron chi connectivity index (χ3n) is 9.32. The van der Waals surface area contributed by atoms with Gasteiger partial charge in [0.25, 0.3) is 11.8 Å². The zero-order valence-electron chi connectivity index (χ0n) is 35.0. The van der Waals surface area contributed by atoms with Gasteiger partial charge in [0, 0.05) is 35.7 Å². The van der Waals surface area contributed by atoms with Crippen LogP contribution in [0, 0.1) is 27.0 Å². The highest BCUT2D eigenvalue weighted by molar-refractivity contribution is 6.35. The molecule has 2 amide bonds. The second kappa shape index (κ2) is 23.6. The quantitative estimate of drug-likeness (QED) is 0.0518. The van der Waals surface area contributed by atoms with E-state index in [9.17, 15) is 19.8 Å². The number of carbonyl (C=O) groups is 2. The van der Waals surface area contributed by atoms with E-state index in [4.69, 9.17) is 55.0 Å². The molecule has 5 aromatic rings. The molecule has 1 aliphatic rings. The van der Waals surface area contributed by atoms with Crippen LogP contribution < -0.4 is 31.0 Å². The SMILES string of the molecule is C1CCOC1.[C-]#[N+]c1ccc(N[C@@H](C(=O)NNC(=O)c2cccc(OC)c2)[C@H](C)O)c(C)c1Cl.[C-]#[N+]c1ccc(N[C@@H](c2nnc(-c3cccc(OC)c3)o2)[C@H](C)O)c(C)c1Cl. The minimum atomic E-state index is -1.08. The van der Waals surface area contributed by atoms with Crippen LogP contribution in [0.3, 0.4) is 0 Å². The van der Waals surface area contributed by atoms with Gasteiger partial charge < -0.3 is 39.5 Å². The predicted molar refractivity (Wildman–Crippen MR) is 237 cm³/mol. The third kappa shape index (κ3) is 13.1. The summed E-state index contributed by atoms with van der Waals surface area (Å²) in [6.07, 6.45) is 0.653. The van der Waals surface area contributed by atoms with E-state index in [1.807, 2.05) is 18.2 Å². The van der Waals surface area contributed by atoms with Crippen molar-refractivity contribution in [1.29, 1.82) is 0 Å². The monoisotopic (exact) mass is 886 g/mol. The van der Waals surface area contributed by atoms with Crippen LogP contribution in [0.15, 0.2) is 77.2 Å². The molecule has 62 heavy (non-hydrogen) atoms. The number of carbonyl (C=O) groups excluding carboxylic acids is 2. The van der Waals surface area contributed by atoms with Gasteiger partial charge in [-0.1, -0.05) is 47.5 Å². The normalized spacial score (nSPS) is 13.5. The van der Waals surface area contributed by atoms with E-state index in [1.165, 1.54) is 39.0 Å². The maximum atomic E-state index is 12.5. The number of benzene rings is 4. The molecule has 0 aliphatic carbocycles. The average Bonchev–Trinajstić information content (AvgIpc) is 4.04. The van der Waals surface area contributed by atoms with E-state index in [0.717, 1.165) is 13.2 Å². The van der Waals surface area contributed by atoms with Gasteiger partial charge in [-0.3, -0.25) is 20.4 Å². The Bertz CT molecular complexity index is 2380. The lowest BCUT2D eigenvalue weighted by Gasteiger charge is -2.23. The van der Waals surface area contributed by atoms with Gasteiger partial charge in [0.05, 0.1) is 49.6 Å². The summed E-state index contributed by atoms with van der Waals surface area (Å²) < 4.78 is 21.0. The number of rotatable bonds is 12. The summed E-state index contributed by atoms with van der Waals surface area (Å²) in [5.41, 5.74) is 8.70. The second-order valence-electron chi connectivity index (χ2n) is 13.8. The molecule has 1 aliphatic heterocycles. The number of nitrogens with zero attached hydrogens (tertiary/aromatic N) is 4. The molecule has 6 N–H and O–H groups in total. The first-order chi connectivity index (χ1) is 29.7. The van der Waals surface area contributed by atoms with Crippen LogP contribution in [0.5, 0.6) is 11.5 Å². The van der Waals surface area contributed by atoms with Crippen molar-refractivity contribution in [2.75, 3.05) is 38.1 Å². The molecule has 2 heterocycles. The number of methoxy groups -OCH3 is 2. The molecule has 0 radical (unpaired) electrons. The Morgan fingerprint density at radius 1 is 0.774 bits per heavy atom. The van der Waals surface area contributed by atoms with Crippen molar-refractivity contribution in [3.05, 3.63) is 128 Å². The molecule has 18 heteroatoms. The number of hydrazine groups is 1. The standard InChI is InChI=1S/C20H21ClN4O4.C20H19ClN4O3.C4H8O/c1-11-15(8-9-16(22-3)17(11)21)23-18(12(2)26)20(28)25-24-19(27)13-6-5-7-14(10-13)29-4;1-11-15(8-9-16(22-3)17(11)21)23-18(12(2)26)20-25-24-19(28-20)13-6-5-7-14(10-13)27-4;1-2-4-5-3-1/h5-10,12,18,23,26H,1-2,4H3,(H,24,27)(H,25,28);5-10,12,18,23,26H,1-2,4H3;1-4H2/t2*12-,18+;/m00./s1. The molecule has 0 spiro atoms. The van der Waals surface area contributed by atoms with Crippen molar-refractivity contribution in [3.8, 4) is 23.0 Å². The number of nitrogens with one attached hydrogen (secondary N) is 4. The number of hydrogen-bond donors (Lipinski definition) is 6. The number of hydrogen-bond acceptors (Lipinski definition) is 12. The first kappa shape index (κ1) is 48.3. The third-order valence-corrected chi connectivity index (χ3v) is 10.3. The summed E-state index contributed by atoms with van der Waals surface area (Å²) in [4.78, 5) is 31.4. The van der Waals surface area contributed by atoms with Gasteiger partial charge in [-0.2, -0.15) is 0 Å². The molecule has 4 atom stereocenters. The Hall–Kier alpha value is -6.40. The largest absolute Gasteiger partial charge is 0.497 e. The lowest BCUT2D eigenvalue weighted by Crippen LogP contribution is -2.52. The Kier molecular flexibility index (Phi) is 18.3. The van der Waals surface area contributed by atoms with Crippen LogP contribution in [-0.4, -0.2) is 77.9 Å². The van der Waals surface area contributed by atoms with Gasteiger partial charge in [0.1, 0.15) is 23.6 Å². The fraction of sp³-hybridized carbons (Fsp3) is 0.318. The van der Waals surface area contributed by atoms with E-state index >= 15 is 0 Å². The molecule has 16 nitrogen and oxygen atoms in total. The number of halogens is 2. The fourth-order valence-electron chi connectivity index (χ4n) is 5.73. The summed E-state index contributed by atoms with van der Waals surface area (Å²) >= 11 is 12.4. The summed E-state index contributed by atoms with van der Waals surface area (Å²) in [6.45, 7) is 22.8. The van der Waals surface area contributed by atoms with Gasteiger partial charge in [0.15, 0.2) is 0 Å². The van der Waals surface area contributed by atoms with E-state index in [-0.39, 0.29) is 10.9 Å². The van der Waals surface area contributed by atoms with Crippen molar-refractivity contribution < 1.29 is 38.4 Å².